The lowest BCUT2D eigenvalue weighted by Crippen LogP contribution is -2.41. The molecule has 16 heteroatoms. The number of thioether (sulfide) groups is 1. The fourth-order valence-electron chi connectivity index (χ4n) is 3.92. The van der Waals surface area contributed by atoms with Crippen LogP contribution in [0.25, 0.3) is 11.2 Å². The molecule has 4 rings (SSSR count). The number of hydrogen-bond donors (Lipinski definition) is 5. The zero-order valence-corrected chi connectivity index (χ0v) is 19.9. The number of carbonyl (C=O) groups is 2. The highest BCUT2D eigenvalue weighted by molar-refractivity contribution is 8.00. The van der Waals surface area contributed by atoms with Gasteiger partial charge in [-0.3, -0.25) is 9.36 Å². The molecule has 2 aromatic heterocycles. The maximum absolute atomic E-state index is 12.0. The second-order valence-electron chi connectivity index (χ2n) is 7.97. The molecule has 3 amide bonds. The summed E-state index contributed by atoms with van der Waals surface area (Å²) in [7, 11) is -3.97. The van der Waals surface area contributed by atoms with Gasteiger partial charge in [-0.2, -0.15) is 24.9 Å². The number of nitrogens with one attached hydrogen (secondary N) is 4. The van der Waals surface area contributed by atoms with Crippen LogP contribution >= 0.6 is 11.8 Å². The lowest BCUT2D eigenvalue weighted by molar-refractivity contribution is -0.119. The Morgan fingerprint density at radius 2 is 2.15 bits per heavy atom. The lowest BCUT2D eigenvalue weighted by Gasteiger charge is -2.16. The fourth-order valence-corrected chi connectivity index (χ4v) is 6.29. The van der Waals surface area contributed by atoms with Crippen LogP contribution in [0.3, 0.4) is 0 Å². The Hall–Kier alpha value is -2.69. The third-order valence-corrected chi connectivity index (χ3v) is 8.12. The minimum atomic E-state index is -3.97. The number of unbranched alkanes of at least 4 members (excludes halogenated alkanes) is 1. The number of rotatable bonds is 12. The standard InChI is InChI=1S/C18H27N9O5S2/c19-16-15-17(21-8-20-16)27(9-22-15)10-32-6-5-23-34(30,31)26-13(28)4-2-1-3-12-14-11(7-33-12)24-18(29)25-14/h8-9,11-12,14,23H,1-7,10H2,(H,26,28)(H2,19,20,21)(H2,24,25,29)/t11-,12-,14-/m0/s1. The molecule has 2 aliphatic rings. The molecule has 2 aliphatic heterocycles. The minimum Gasteiger partial charge on any atom is -0.382 e. The molecule has 0 bridgehead atoms. The molecule has 2 aromatic rings. The number of nitrogens with zero attached hydrogens (tertiary/aromatic N) is 4. The summed E-state index contributed by atoms with van der Waals surface area (Å²) in [6, 6.07) is 0.160. The number of nitrogens with two attached hydrogens (primary N) is 1. The average Bonchev–Trinajstić information content (AvgIpc) is 3.46. The Morgan fingerprint density at radius 1 is 1.29 bits per heavy atom. The summed E-state index contributed by atoms with van der Waals surface area (Å²) in [6.07, 6.45) is 5.12. The van der Waals surface area contributed by atoms with Crippen molar-refractivity contribution in [2.75, 3.05) is 24.6 Å². The summed E-state index contributed by atoms with van der Waals surface area (Å²) in [4.78, 5) is 35.5. The van der Waals surface area contributed by atoms with Gasteiger partial charge < -0.3 is 21.1 Å². The van der Waals surface area contributed by atoms with E-state index in [1.165, 1.54) is 12.7 Å². The van der Waals surface area contributed by atoms with E-state index in [0.29, 0.717) is 22.8 Å². The van der Waals surface area contributed by atoms with Crippen molar-refractivity contribution in [1.29, 1.82) is 0 Å². The van der Waals surface area contributed by atoms with Crippen molar-refractivity contribution in [3.8, 4) is 0 Å². The van der Waals surface area contributed by atoms with Gasteiger partial charge in [-0.05, 0) is 12.8 Å². The van der Waals surface area contributed by atoms with Gasteiger partial charge >= 0.3 is 16.2 Å². The predicted molar refractivity (Wildman–Crippen MR) is 125 cm³/mol. The number of fused-ring (bicyclic) bond motifs is 2. The molecule has 2 saturated heterocycles. The number of anilines is 1. The van der Waals surface area contributed by atoms with Gasteiger partial charge in [0.05, 0.1) is 25.0 Å². The third kappa shape index (κ3) is 6.05. The fraction of sp³-hybridized carbons (Fsp3) is 0.611. The number of amides is 3. The predicted octanol–water partition coefficient (Wildman–Crippen LogP) is -0.941. The van der Waals surface area contributed by atoms with Crippen LogP contribution in [0.4, 0.5) is 10.6 Å². The number of urea groups is 1. The summed E-state index contributed by atoms with van der Waals surface area (Å²) in [5.74, 6) is 0.575. The molecule has 14 nitrogen and oxygen atoms in total. The Balaban J connectivity index is 1.09. The largest absolute Gasteiger partial charge is 0.382 e. The van der Waals surface area contributed by atoms with E-state index in [1.807, 2.05) is 4.72 Å². The van der Waals surface area contributed by atoms with Crippen LogP contribution in [0, 0.1) is 0 Å². The van der Waals surface area contributed by atoms with Gasteiger partial charge in [0, 0.05) is 24.0 Å². The highest BCUT2D eigenvalue weighted by Gasteiger charge is 2.42. The maximum Gasteiger partial charge on any atom is 0.315 e. The molecular formula is C18H27N9O5S2. The third-order valence-electron chi connectivity index (χ3n) is 5.53. The van der Waals surface area contributed by atoms with E-state index >= 15 is 0 Å². The topological polar surface area (TPSA) is 195 Å². The molecule has 2 fully saturated rings. The van der Waals surface area contributed by atoms with Crippen molar-refractivity contribution in [3.05, 3.63) is 12.7 Å². The van der Waals surface area contributed by atoms with E-state index < -0.39 is 16.1 Å². The van der Waals surface area contributed by atoms with Crippen molar-refractivity contribution >= 4 is 50.9 Å². The minimum absolute atomic E-state index is 0.0203. The molecule has 3 atom stereocenters. The molecule has 0 aromatic carbocycles. The van der Waals surface area contributed by atoms with E-state index in [0.717, 1.165) is 18.6 Å². The average molecular weight is 514 g/mol. The lowest BCUT2D eigenvalue weighted by atomic mass is 10.0. The maximum atomic E-state index is 12.0. The molecule has 186 valence electrons. The highest BCUT2D eigenvalue weighted by Crippen LogP contribution is 2.33. The van der Waals surface area contributed by atoms with Gasteiger partial charge in [0.15, 0.2) is 11.5 Å². The van der Waals surface area contributed by atoms with E-state index in [9.17, 15) is 18.0 Å². The zero-order valence-electron chi connectivity index (χ0n) is 18.3. The first-order valence-corrected chi connectivity index (χ1v) is 13.3. The quantitative estimate of drug-likeness (QED) is 0.174. The van der Waals surface area contributed by atoms with Crippen LogP contribution in [0.15, 0.2) is 12.7 Å². The molecule has 0 unspecified atom stereocenters. The van der Waals surface area contributed by atoms with Crippen molar-refractivity contribution in [2.24, 2.45) is 0 Å². The number of hydrogen-bond acceptors (Lipinski definition) is 10. The Morgan fingerprint density at radius 3 is 3.00 bits per heavy atom. The number of aromatic nitrogens is 4. The van der Waals surface area contributed by atoms with Gasteiger partial charge in [0.25, 0.3) is 0 Å². The zero-order chi connectivity index (χ0) is 24.1. The van der Waals surface area contributed by atoms with Gasteiger partial charge in [0.2, 0.25) is 5.91 Å². The van der Waals surface area contributed by atoms with Crippen LogP contribution in [-0.4, -0.2) is 76.1 Å². The van der Waals surface area contributed by atoms with Gasteiger partial charge in [-0.25, -0.2) is 24.5 Å². The smallest absolute Gasteiger partial charge is 0.315 e. The molecule has 6 N–H and O–H groups in total. The van der Waals surface area contributed by atoms with Crippen molar-refractivity contribution < 1.29 is 22.7 Å². The van der Waals surface area contributed by atoms with Crippen molar-refractivity contribution in [1.82, 2.24) is 39.6 Å². The Bertz CT molecular complexity index is 1140. The van der Waals surface area contributed by atoms with E-state index in [1.54, 1.807) is 16.3 Å². The summed E-state index contributed by atoms with van der Waals surface area (Å²) in [6.45, 7) is 0.150. The van der Waals surface area contributed by atoms with Crippen LogP contribution < -0.4 is 25.8 Å². The van der Waals surface area contributed by atoms with Gasteiger partial charge in [-0.1, -0.05) is 6.42 Å². The molecule has 34 heavy (non-hydrogen) atoms. The molecule has 0 spiro atoms. The summed E-state index contributed by atoms with van der Waals surface area (Å²) < 4.78 is 35.4. The molecule has 0 radical (unpaired) electrons. The summed E-state index contributed by atoms with van der Waals surface area (Å²) in [5, 5.41) is 6.13. The van der Waals surface area contributed by atoms with Crippen molar-refractivity contribution in [2.45, 2.75) is 49.7 Å². The molecule has 0 saturated carbocycles. The first-order valence-electron chi connectivity index (χ1n) is 10.8. The normalized spacial score (nSPS) is 21.9. The second kappa shape index (κ2) is 10.7. The molecular weight excluding hydrogens is 486 g/mol. The van der Waals surface area contributed by atoms with Crippen LogP contribution in [0.2, 0.25) is 0 Å². The molecule has 4 heterocycles. The number of nitrogen functional groups attached to an aromatic ring is 1. The van der Waals surface area contributed by atoms with E-state index in [2.05, 4.69) is 30.3 Å². The Kier molecular flexibility index (Phi) is 7.70. The second-order valence-corrected chi connectivity index (χ2v) is 10.7. The van der Waals surface area contributed by atoms with Gasteiger partial charge in [-0.15, -0.1) is 0 Å². The monoisotopic (exact) mass is 513 g/mol. The summed E-state index contributed by atoms with van der Waals surface area (Å²) >= 11 is 1.81. The molecule has 0 aliphatic carbocycles. The van der Waals surface area contributed by atoms with Crippen LogP contribution in [0.5, 0.6) is 0 Å². The Labute approximate surface area is 200 Å². The van der Waals surface area contributed by atoms with Crippen molar-refractivity contribution in [3.63, 3.8) is 0 Å². The van der Waals surface area contributed by atoms with E-state index in [-0.39, 0.29) is 50.2 Å². The SMILES string of the molecule is Nc1ncnc2c1ncn2COCCNS(=O)(=O)NC(=O)CCCC[C@@H]1SC[C@@H]2NC(=O)N[C@@H]21. The number of carbonyl (C=O) groups excluding carboxylic acids is 2. The van der Waals surface area contributed by atoms with Crippen LogP contribution in [0.1, 0.15) is 25.7 Å². The van der Waals surface area contributed by atoms with Crippen LogP contribution in [-0.2, 0) is 26.5 Å². The van der Waals surface area contributed by atoms with E-state index in [4.69, 9.17) is 10.5 Å². The number of ether oxygens (including phenoxy) is 1. The highest BCUT2D eigenvalue weighted by atomic mass is 32.2. The first-order chi connectivity index (χ1) is 16.3. The van der Waals surface area contributed by atoms with Gasteiger partial charge in [0.1, 0.15) is 18.6 Å². The summed E-state index contributed by atoms with van der Waals surface area (Å²) in [5.41, 5.74) is 6.70. The number of imidazole rings is 1. The first kappa shape index (κ1) is 24.4.